The number of esters is 1. The van der Waals surface area contributed by atoms with Crippen LogP contribution in [-0.2, 0) is 20.7 Å². The van der Waals surface area contributed by atoms with Gasteiger partial charge in [-0.1, -0.05) is 24.3 Å². The van der Waals surface area contributed by atoms with Crippen LogP contribution in [0.5, 0.6) is 5.75 Å². The van der Waals surface area contributed by atoms with Gasteiger partial charge in [0.15, 0.2) is 6.10 Å². The predicted molar refractivity (Wildman–Crippen MR) is 91.9 cm³/mol. The molecule has 25 heavy (non-hydrogen) atoms. The number of amides is 1. The molecule has 0 saturated carbocycles. The van der Waals surface area contributed by atoms with Crippen molar-refractivity contribution in [2.24, 2.45) is 0 Å². The highest BCUT2D eigenvalue weighted by atomic mass is 19.1. The minimum atomic E-state index is -0.978. The van der Waals surface area contributed by atoms with Crippen LogP contribution in [0.1, 0.15) is 18.9 Å². The molecule has 0 saturated heterocycles. The highest BCUT2D eigenvalue weighted by molar-refractivity contribution is 5.95. The summed E-state index contributed by atoms with van der Waals surface area (Å²) >= 11 is 0. The summed E-state index contributed by atoms with van der Waals surface area (Å²) in [5.74, 6) is -0.768. The van der Waals surface area contributed by atoms with Crippen LogP contribution in [0.4, 0.5) is 10.1 Å². The van der Waals surface area contributed by atoms with Crippen LogP contribution >= 0.6 is 0 Å². The van der Waals surface area contributed by atoms with E-state index in [1.165, 1.54) is 25.1 Å². The number of nitrogens with one attached hydrogen (secondary N) is 1. The van der Waals surface area contributed by atoms with E-state index in [0.29, 0.717) is 17.9 Å². The number of methoxy groups -OCH3 is 1. The number of rotatable bonds is 7. The molecule has 132 valence electrons. The van der Waals surface area contributed by atoms with Gasteiger partial charge in [-0.15, -0.1) is 0 Å². The van der Waals surface area contributed by atoms with E-state index in [9.17, 15) is 14.0 Å². The lowest BCUT2D eigenvalue weighted by Crippen LogP contribution is -2.30. The van der Waals surface area contributed by atoms with Crippen molar-refractivity contribution in [2.45, 2.75) is 25.9 Å². The van der Waals surface area contributed by atoms with Crippen LogP contribution in [0.2, 0.25) is 0 Å². The maximum absolute atomic E-state index is 13.1. The molecular weight excluding hydrogens is 325 g/mol. The molecule has 2 rings (SSSR count). The number of para-hydroxylation sites is 1. The Labute approximate surface area is 145 Å². The van der Waals surface area contributed by atoms with E-state index in [0.717, 1.165) is 5.56 Å². The van der Waals surface area contributed by atoms with Gasteiger partial charge >= 0.3 is 5.97 Å². The van der Waals surface area contributed by atoms with Crippen LogP contribution in [0.25, 0.3) is 0 Å². The van der Waals surface area contributed by atoms with E-state index in [1.54, 1.807) is 13.2 Å². The van der Waals surface area contributed by atoms with Gasteiger partial charge in [-0.2, -0.15) is 0 Å². The van der Waals surface area contributed by atoms with E-state index in [1.807, 2.05) is 24.3 Å². The van der Waals surface area contributed by atoms with Gasteiger partial charge in [-0.05, 0) is 43.2 Å². The summed E-state index contributed by atoms with van der Waals surface area (Å²) in [6, 6.07) is 12.9. The number of aryl methyl sites for hydroxylation is 1. The molecular formula is C19H20FNO4. The van der Waals surface area contributed by atoms with Crippen molar-refractivity contribution < 1.29 is 23.5 Å². The number of hydrogen-bond donors (Lipinski definition) is 1. The standard InChI is InChI=1S/C19H20FNO4/c1-13(19(23)21-16-8-5-7-15(20)12-16)25-18(22)11-10-14-6-3-4-9-17(14)24-2/h3-9,12-13H,10-11H2,1-2H3,(H,21,23)/t13-/m0/s1. The van der Waals surface area contributed by atoms with Crippen LogP contribution in [-0.4, -0.2) is 25.1 Å². The smallest absolute Gasteiger partial charge is 0.306 e. The van der Waals surface area contributed by atoms with Gasteiger partial charge < -0.3 is 14.8 Å². The molecule has 0 aliphatic heterocycles. The Bertz CT molecular complexity index is 748. The summed E-state index contributed by atoms with van der Waals surface area (Å²) in [6.07, 6.45) is -0.410. The molecule has 0 aliphatic carbocycles. The first-order chi connectivity index (χ1) is 12.0. The lowest BCUT2D eigenvalue weighted by atomic mass is 10.1. The molecule has 2 aromatic rings. The van der Waals surface area contributed by atoms with Crippen molar-refractivity contribution in [3.05, 3.63) is 59.9 Å². The van der Waals surface area contributed by atoms with E-state index in [-0.39, 0.29) is 6.42 Å². The Morgan fingerprint density at radius 2 is 1.92 bits per heavy atom. The first kappa shape index (κ1) is 18.4. The SMILES string of the molecule is COc1ccccc1CCC(=O)O[C@@H](C)C(=O)Nc1cccc(F)c1. The fraction of sp³-hybridized carbons (Fsp3) is 0.263. The van der Waals surface area contributed by atoms with Crippen molar-refractivity contribution in [3.8, 4) is 5.75 Å². The molecule has 0 spiro atoms. The summed E-state index contributed by atoms with van der Waals surface area (Å²) in [4.78, 5) is 23.9. The molecule has 0 aliphatic rings. The molecule has 5 nitrogen and oxygen atoms in total. The Hall–Kier alpha value is -2.89. The summed E-state index contributed by atoms with van der Waals surface area (Å²) in [5, 5.41) is 2.50. The normalized spacial score (nSPS) is 11.5. The Morgan fingerprint density at radius 1 is 1.16 bits per heavy atom. The van der Waals surface area contributed by atoms with Crippen LogP contribution < -0.4 is 10.1 Å². The molecule has 6 heteroatoms. The molecule has 0 radical (unpaired) electrons. The number of hydrogen-bond acceptors (Lipinski definition) is 4. The van der Waals surface area contributed by atoms with Crippen molar-refractivity contribution >= 4 is 17.6 Å². The fourth-order valence-electron chi connectivity index (χ4n) is 2.27. The molecule has 1 atom stereocenters. The zero-order valence-electron chi connectivity index (χ0n) is 14.1. The third-order valence-electron chi connectivity index (χ3n) is 3.56. The zero-order valence-corrected chi connectivity index (χ0v) is 14.1. The molecule has 2 aromatic carbocycles. The quantitative estimate of drug-likeness (QED) is 0.782. The van der Waals surface area contributed by atoms with Gasteiger partial charge in [-0.3, -0.25) is 9.59 Å². The second-order valence-electron chi connectivity index (χ2n) is 5.44. The third kappa shape index (κ3) is 5.60. The van der Waals surface area contributed by atoms with Crippen LogP contribution in [0, 0.1) is 5.82 Å². The number of ether oxygens (including phenoxy) is 2. The van der Waals surface area contributed by atoms with Gasteiger partial charge in [0.25, 0.3) is 5.91 Å². The van der Waals surface area contributed by atoms with Gasteiger partial charge in [-0.25, -0.2) is 4.39 Å². The maximum atomic E-state index is 13.1. The second kappa shape index (κ2) is 8.82. The lowest BCUT2D eigenvalue weighted by molar-refractivity contribution is -0.153. The summed E-state index contributed by atoms with van der Waals surface area (Å²) in [6.45, 7) is 1.47. The molecule has 1 N–H and O–H groups in total. The zero-order chi connectivity index (χ0) is 18.2. The van der Waals surface area contributed by atoms with Crippen molar-refractivity contribution in [1.82, 2.24) is 0 Å². The lowest BCUT2D eigenvalue weighted by Gasteiger charge is -2.14. The molecule has 0 fully saturated rings. The number of benzene rings is 2. The topological polar surface area (TPSA) is 64.6 Å². The van der Waals surface area contributed by atoms with Crippen molar-refractivity contribution in [2.75, 3.05) is 12.4 Å². The second-order valence-corrected chi connectivity index (χ2v) is 5.44. The summed E-state index contributed by atoms with van der Waals surface area (Å²) in [5.41, 5.74) is 1.20. The molecule has 0 heterocycles. The average Bonchev–Trinajstić information content (AvgIpc) is 2.60. The first-order valence-electron chi connectivity index (χ1n) is 7.87. The largest absolute Gasteiger partial charge is 0.496 e. The van der Waals surface area contributed by atoms with Crippen LogP contribution in [0.3, 0.4) is 0 Å². The number of carbonyl (C=O) groups excluding carboxylic acids is 2. The predicted octanol–water partition coefficient (Wildman–Crippen LogP) is 3.34. The van der Waals surface area contributed by atoms with E-state index in [4.69, 9.17) is 9.47 Å². The highest BCUT2D eigenvalue weighted by Crippen LogP contribution is 2.19. The minimum Gasteiger partial charge on any atom is -0.496 e. The number of halogens is 1. The van der Waals surface area contributed by atoms with Gasteiger partial charge in [0.1, 0.15) is 11.6 Å². The van der Waals surface area contributed by atoms with Gasteiger partial charge in [0, 0.05) is 12.1 Å². The summed E-state index contributed by atoms with van der Waals surface area (Å²) < 4.78 is 23.5. The van der Waals surface area contributed by atoms with Crippen LogP contribution in [0.15, 0.2) is 48.5 Å². The Balaban J connectivity index is 1.84. The first-order valence-corrected chi connectivity index (χ1v) is 7.87. The minimum absolute atomic E-state index is 0.123. The van der Waals surface area contributed by atoms with E-state index >= 15 is 0 Å². The Kier molecular flexibility index (Phi) is 6.51. The van der Waals surface area contributed by atoms with Gasteiger partial charge in [0.2, 0.25) is 0 Å². The van der Waals surface area contributed by atoms with E-state index < -0.39 is 23.8 Å². The number of anilines is 1. The van der Waals surface area contributed by atoms with Crippen molar-refractivity contribution in [1.29, 1.82) is 0 Å². The molecule has 0 aromatic heterocycles. The molecule has 0 unspecified atom stereocenters. The summed E-state index contributed by atoms with van der Waals surface area (Å²) in [7, 11) is 1.57. The molecule has 0 bridgehead atoms. The third-order valence-corrected chi connectivity index (χ3v) is 3.56. The van der Waals surface area contributed by atoms with Gasteiger partial charge in [0.05, 0.1) is 7.11 Å². The Morgan fingerprint density at radius 3 is 2.64 bits per heavy atom. The van der Waals surface area contributed by atoms with E-state index in [2.05, 4.69) is 5.32 Å². The highest BCUT2D eigenvalue weighted by Gasteiger charge is 2.18. The fourth-order valence-corrected chi connectivity index (χ4v) is 2.27. The molecule has 1 amide bonds. The average molecular weight is 345 g/mol. The number of carbonyl (C=O) groups is 2. The maximum Gasteiger partial charge on any atom is 0.306 e. The van der Waals surface area contributed by atoms with Crippen molar-refractivity contribution in [3.63, 3.8) is 0 Å². The monoisotopic (exact) mass is 345 g/mol.